The summed E-state index contributed by atoms with van der Waals surface area (Å²) >= 11 is 0. The summed E-state index contributed by atoms with van der Waals surface area (Å²) < 4.78 is 6.35. The Balaban J connectivity index is 1.15. The van der Waals surface area contributed by atoms with Gasteiger partial charge < -0.3 is 10.2 Å². The lowest BCUT2D eigenvalue weighted by Crippen LogP contribution is -2.14. The third-order valence-corrected chi connectivity index (χ3v) is 10.5. The Morgan fingerprint density at radius 1 is 0.615 bits per heavy atom. The highest BCUT2D eigenvalue weighted by molar-refractivity contribution is 6.15. The van der Waals surface area contributed by atoms with Gasteiger partial charge in [-0.25, -0.2) is 0 Å². The minimum absolute atomic E-state index is 0.113. The Labute approximate surface area is 304 Å². The number of allylic oxidation sites excluding steroid dienone is 1. The molecule has 1 aliphatic rings. The molecule has 1 aromatic heterocycles. The third-order valence-electron chi connectivity index (χ3n) is 10.5. The third kappa shape index (κ3) is 5.52. The average molecular weight is 671 g/mol. The molecule has 1 aliphatic carbocycles. The summed E-state index contributed by atoms with van der Waals surface area (Å²) in [5.74, 6) is 0.798. The molecule has 9 rings (SSSR count). The topological polar surface area (TPSA) is 51.5 Å². The van der Waals surface area contributed by atoms with Gasteiger partial charge in [-0.1, -0.05) is 147 Å². The van der Waals surface area contributed by atoms with Gasteiger partial charge >= 0.3 is 0 Å². The second-order valence-electron chi connectivity index (χ2n) is 14.2. The van der Waals surface area contributed by atoms with Crippen LogP contribution in [0.5, 0.6) is 0 Å². The minimum Gasteiger partial charge on any atom is -0.456 e. The molecule has 2 N–H and O–H groups in total. The first kappa shape index (κ1) is 31.5. The zero-order valence-electron chi connectivity index (χ0n) is 29.3. The zero-order chi connectivity index (χ0) is 35.2. The molecule has 7 aromatic carbocycles. The van der Waals surface area contributed by atoms with Crippen LogP contribution in [0.2, 0.25) is 0 Å². The summed E-state index contributed by atoms with van der Waals surface area (Å²) in [5.41, 5.74) is 20.9. The molecule has 0 fully saturated rings. The van der Waals surface area contributed by atoms with Crippen LogP contribution in [-0.2, 0) is 12.0 Å². The number of fused-ring (bicyclic) bond motifs is 5. The normalized spacial score (nSPS) is 13.7. The van der Waals surface area contributed by atoms with Crippen molar-refractivity contribution in [3.05, 3.63) is 198 Å². The number of nitrogens with zero attached hydrogens (tertiary/aromatic N) is 1. The van der Waals surface area contributed by atoms with E-state index in [2.05, 4.69) is 129 Å². The van der Waals surface area contributed by atoms with E-state index in [9.17, 15) is 0 Å². The molecule has 0 spiro atoms. The molecule has 250 valence electrons. The SMILES string of the molecule is CC1(C)c2cc3ccccc3cc2-c2c(-c3cccc(/C(N)=C/C(=N\Cc4ccccc4)c4ccccc4-c4cc5ccccc5o4)c3)cccc21. The highest BCUT2D eigenvalue weighted by Gasteiger charge is 2.37. The molecule has 3 heteroatoms. The number of rotatable bonds is 7. The largest absolute Gasteiger partial charge is 0.456 e. The molecule has 1 heterocycles. The van der Waals surface area contributed by atoms with Crippen LogP contribution in [0.15, 0.2) is 179 Å². The lowest BCUT2D eigenvalue weighted by Gasteiger charge is -2.22. The number of hydrogen-bond acceptors (Lipinski definition) is 3. The van der Waals surface area contributed by atoms with Crippen molar-refractivity contribution in [1.29, 1.82) is 0 Å². The molecule has 0 atom stereocenters. The van der Waals surface area contributed by atoms with Gasteiger partial charge in [-0.2, -0.15) is 0 Å². The van der Waals surface area contributed by atoms with Crippen LogP contribution in [0.3, 0.4) is 0 Å². The fraction of sp³-hybridized carbons (Fsp3) is 0.0816. The van der Waals surface area contributed by atoms with Crippen molar-refractivity contribution in [2.75, 3.05) is 0 Å². The highest BCUT2D eigenvalue weighted by Crippen LogP contribution is 2.53. The average Bonchev–Trinajstić information content (AvgIpc) is 3.72. The van der Waals surface area contributed by atoms with E-state index in [1.165, 1.54) is 38.6 Å². The number of aliphatic imine (C=N–C) groups is 1. The van der Waals surface area contributed by atoms with Crippen LogP contribution in [0, 0.1) is 0 Å². The van der Waals surface area contributed by atoms with Crippen LogP contribution in [0.25, 0.3) is 61.0 Å². The van der Waals surface area contributed by atoms with Crippen molar-refractivity contribution in [3.63, 3.8) is 0 Å². The second-order valence-corrected chi connectivity index (χ2v) is 14.2. The van der Waals surface area contributed by atoms with Gasteiger partial charge in [-0.15, -0.1) is 0 Å². The summed E-state index contributed by atoms with van der Waals surface area (Å²) in [6.45, 7) is 5.20. The fourth-order valence-corrected chi connectivity index (χ4v) is 7.81. The van der Waals surface area contributed by atoms with Gasteiger partial charge in [0.05, 0.1) is 12.3 Å². The molecule has 3 nitrogen and oxygen atoms in total. The van der Waals surface area contributed by atoms with E-state index in [0.717, 1.165) is 50.3 Å². The quantitative estimate of drug-likeness (QED) is 0.172. The van der Waals surface area contributed by atoms with Crippen LogP contribution < -0.4 is 5.73 Å². The Morgan fingerprint density at radius 3 is 2.13 bits per heavy atom. The molecule has 0 bridgehead atoms. The van der Waals surface area contributed by atoms with Crippen LogP contribution in [0.4, 0.5) is 0 Å². The maximum atomic E-state index is 7.05. The lowest BCUT2D eigenvalue weighted by atomic mass is 9.81. The van der Waals surface area contributed by atoms with Crippen molar-refractivity contribution >= 4 is 33.2 Å². The first-order chi connectivity index (χ1) is 25.4. The van der Waals surface area contributed by atoms with Crippen molar-refractivity contribution in [3.8, 4) is 33.6 Å². The van der Waals surface area contributed by atoms with E-state index in [-0.39, 0.29) is 5.41 Å². The number of hydrogen-bond donors (Lipinski definition) is 1. The number of para-hydroxylation sites is 1. The van der Waals surface area contributed by atoms with Gasteiger partial charge in [-0.05, 0) is 91.7 Å². The summed E-state index contributed by atoms with van der Waals surface area (Å²) in [5, 5.41) is 3.59. The van der Waals surface area contributed by atoms with Crippen LogP contribution >= 0.6 is 0 Å². The fourth-order valence-electron chi connectivity index (χ4n) is 7.81. The van der Waals surface area contributed by atoms with Crippen LogP contribution in [0.1, 0.15) is 41.7 Å². The van der Waals surface area contributed by atoms with Crippen LogP contribution in [-0.4, -0.2) is 5.71 Å². The lowest BCUT2D eigenvalue weighted by molar-refractivity contribution is 0.631. The molecule has 0 saturated heterocycles. The smallest absolute Gasteiger partial charge is 0.136 e. The molecule has 0 saturated carbocycles. The van der Waals surface area contributed by atoms with Gasteiger partial charge in [0.2, 0.25) is 0 Å². The summed E-state index contributed by atoms with van der Waals surface area (Å²) in [6, 6.07) is 57.5. The molecule has 0 unspecified atom stereocenters. The Bertz CT molecular complexity index is 2660. The van der Waals surface area contributed by atoms with Gasteiger partial charge in [0.1, 0.15) is 11.3 Å². The van der Waals surface area contributed by atoms with Crippen molar-refractivity contribution in [2.45, 2.75) is 25.8 Å². The summed E-state index contributed by atoms with van der Waals surface area (Å²) in [4.78, 5) is 5.18. The molecule has 0 amide bonds. The molecular weight excluding hydrogens is 633 g/mol. The van der Waals surface area contributed by atoms with Gasteiger partial charge in [0.15, 0.2) is 0 Å². The first-order valence-electron chi connectivity index (χ1n) is 17.9. The van der Waals surface area contributed by atoms with Crippen molar-refractivity contribution in [1.82, 2.24) is 0 Å². The minimum atomic E-state index is -0.113. The van der Waals surface area contributed by atoms with Crippen molar-refractivity contribution in [2.24, 2.45) is 10.7 Å². The van der Waals surface area contributed by atoms with E-state index in [4.69, 9.17) is 15.1 Å². The van der Waals surface area contributed by atoms with Crippen molar-refractivity contribution < 1.29 is 4.42 Å². The standard InChI is InChI=1S/C49H38N2O/c1-49(2)42-24-13-23-38(48(42)41-27-33-16-6-7-17-34(33)28-43(41)49)35-19-12-20-36(26-35)44(50)30-45(51-31-32-14-4-3-5-15-32)39-21-9-10-22-40(39)47-29-37-18-8-11-25-46(37)52-47/h3-30H,31,50H2,1-2H3/b44-30-,51-45+. The number of furan rings is 1. The number of benzene rings is 7. The van der Waals surface area contributed by atoms with Gasteiger partial charge in [0.25, 0.3) is 0 Å². The van der Waals surface area contributed by atoms with E-state index in [1.54, 1.807) is 0 Å². The molecule has 52 heavy (non-hydrogen) atoms. The Morgan fingerprint density at radius 2 is 1.31 bits per heavy atom. The van der Waals surface area contributed by atoms with E-state index in [0.29, 0.717) is 12.2 Å². The van der Waals surface area contributed by atoms with E-state index in [1.807, 2.05) is 54.6 Å². The van der Waals surface area contributed by atoms with Gasteiger partial charge in [0, 0.05) is 27.6 Å². The molecule has 8 aromatic rings. The van der Waals surface area contributed by atoms with E-state index < -0.39 is 0 Å². The van der Waals surface area contributed by atoms with Gasteiger partial charge in [-0.3, -0.25) is 4.99 Å². The summed E-state index contributed by atoms with van der Waals surface area (Å²) in [6.07, 6.45) is 2.02. The van der Waals surface area contributed by atoms with E-state index >= 15 is 0 Å². The molecule has 0 aliphatic heterocycles. The maximum Gasteiger partial charge on any atom is 0.136 e. The Hall–Kier alpha value is -6.45. The molecule has 0 radical (unpaired) electrons. The Kier molecular flexibility index (Phi) is 7.70. The highest BCUT2D eigenvalue weighted by atomic mass is 16.3. The molecular formula is C49H38N2O. The predicted octanol–water partition coefficient (Wildman–Crippen LogP) is 12.2. The zero-order valence-corrected chi connectivity index (χ0v) is 29.3. The first-order valence-corrected chi connectivity index (χ1v) is 17.9. The second kappa shape index (κ2) is 12.7. The maximum absolute atomic E-state index is 7.05. The summed E-state index contributed by atoms with van der Waals surface area (Å²) in [7, 11) is 0. The monoisotopic (exact) mass is 670 g/mol. The predicted molar refractivity (Wildman–Crippen MR) is 217 cm³/mol. The number of nitrogens with two attached hydrogens (primary N) is 1.